The number of aromatic nitrogens is 1. The molecule has 0 bridgehead atoms. The fourth-order valence-corrected chi connectivity index (χ4v) is 5.02. The highest BCUT2D eigenvalue weighted by Crippen LogP contribution is 2.52. The van der Waals surface area contributed by atoms with E-state index < -0.39 is 0 Å². The molecule has 0 saturated carbocycles. The van der Waals surface area contributed by atoms with E-state index in [0.29, 0.717) is 36.0 Å². The first kappa shape index (κ1) is 21.1. The summed E-state index contributed by atoms with van der Waals surface area (Å²) in [6.07, 6.45) is 1.15. The number of carbonyl (C=O) groups is 1. The van der Waals surface area contributed by atoms with Crippen LogP contribution in [0.2, 0.25) is 0 Å². The van der Waals surface area contributed by atoms with Gasteiger partial charge in [0, 0.05) is 29.3 Å². The van der Waals surface area contributed by atoms with Crippen molar-refractivity contribution in [2.24, 2.45) is 0 Å². The summed E-state index contributed by atoms with van der Waals surface area (Å²) >= 11 is 0. The van der Waals surface area contributed by atoms with Crippen molar-refractivity contribution in [1.82, 2.24) is 5.16 Å². The summed E-state index contributed by atoms with van der Waals surface area (Å²) in [5.74, 6) is 2.11. The molecule has 7 heteroatoms. The first-order valence-corrected chi connectivity index (χ1v) is 10.9. The number of methoxy groups -OCH3 is 3. The Bertz CT molecular complexity index is 1250. The number of fused-ring (bicyclic) bond motifs is 1. The number of Topliss-reactive ketones (excluding diaryl/α,β-unsaturated/α-hetero) is 1. The van der Waals surface area contributed by atoms with Gasteiger partial charge in [0.1, 0.15) is 5.75 Å². The first-order valence-electron chi connectivity index (χ1n) is 10.9. The number of carbonyl (C=O) groups excluding carboxylic acids is 1. The molecule has 1 aliphatic heterocycles. The molecule has 1 aromatic heterocycles. The van der Waals surface area contributed by atoms with Gasteiger partial charge in [0.2, 0.25) is 5.88 Å². The van der Waals surface area contributed by atoms with Crippen LogP contribution in [0, 0.1) is 6.92 Å². The minimum absolute atomic E-state index is 0.100. The monoisotopic (exact) mass is 446 g/mol. The van der Waals surface area contributed by atoms with Crippen molar-refractivity contribution in [1.29, 1.82) is 0 Å². The number of nitrogens with one attached hydrogen (secondary N) is 1. The number of ether oxygens (including phenoxy) is 3. The lowest BCUT2D eigenvalue weighted by Crippen LogP contribution is -2.29. The molecule has 0 spiro atoms. The summed E-state index contributed by atoms with van der Waals surface area (Å²) in [4.78, 5) is 13.7. The Morgan fingerprint density at radius 1 is 0.970 bits per heavy atom. The van der Waals surface area contributed by atoms with Gasteiger partial charge in [-0.25, -0.2) is 0 Å². The summed E-state index contributed by atoms with van der Waals surface area (Å²) < 4.78 is 22.4. The molecule has 5 rings (SSSR count). The van der Waals surface area contributed by atoms with Crippen molar-refractivity contribution < 1.29 is 23.5 Å². The maximum absolute atomic E-state index is 13.7. The van der Waals surface area contributed by atoms with Crippen LogP contribution in [0.3, 0.4) is 0 Å². The average molecular weight is 447 g/mol. The van der Waals surface area contributed by atoms with Gasteiger partial charge in [0.25, 0.3) is 0 Å². The fourth-order valence-electron chi connectivity index (χ4n) is 5.02. The second kappa shape index (κ2) is 8.31. The molecule has 0 radical (unpaired) electrons. The van der Waals surface area contributed by atoms with Crippen molar-refractivity contribution in [3.05, 3.63) is 76.1 Å². The van der Waals surface area contributed by atoms with Gasteiger partial charge in [-0.05, 0) is 30.9 Å². The van der Waals surface area contributed by atoms with Crippen LogP contribution < -0.4 is 19.5 Å². The molecular weight excluding hydrogens is 420 g/mol. The molecule has 2 heterocycles. The summed E-state index contributed by atoms with van der Waals surface area (Å²) in [6, 6.07) is 13.8. The number of allylic oxidation sites excluding steroid dienone is 2. The lowest BCUT2D eigenvalue weighted by molar-refractivity contribution is -0.116. The Balaban J connectivity index is 1.69. The van der Waals surface area contributed by atoms with E-state index in [1.807, 2.05) is 31.2 Å². The molecule has 1 N–H and O–H groups in total. The molecule has 7 nitrogen and oxygen atoms in total. The summed E-state index contributed by atoms with van der Waals surface area (Å²) in [5, 5.41) is 7.56. The molecule has 2 atom stereocenters. The average Bonchev–Trinajstić information content (AvgIpc) is 3.22. The number of hydrogen-bond donors (Lipinski definition) is 1. The number of benzene rings is 2. The Labute approximate surface area is 192 Å². The second-order valence-corrected chi connectivity index (χ2v) is 8.35. The van der Waals surface area contributed by atoms with Crippen molar-refractivity contribution >= 4 is 11.7 Å². The molecule has 33 heavy (non-hydrogen) atoms. The van der Waals surface area contributed by atoms with Crippen molar-refractivity contribution in [3.63, 3.8) is 0 Å². The minimum Gasteiger partial charge on any atom is -0.496 e. The number of hydrogen-bond acceptors (Lipinski definition) is 7. The van der Waals surface area contributed by atoms with Crippen LogP contribution in [-0.2, 0) is 4.79 Å². The van der Waals surface area contributed by atoms with Crippen LogP contribution in [0.1, 0.15) is 47.1 Å². The summed E-state index contributed by atoms with van der Waals surface area (Å²) in [6.45, 7) is 1.88. The molecule has 2 aromatic carbocycles. The topological polar surface area (TPSA) is 82.8 Å². The molecule has 1 aliphatic carbocycles. The van der Waals surface area contributed by atoms with Gasteiger partial charge in [-0.2, -0.15) is 0 Å². The standard InChI is InChI=1S/C26H26N2O5/c1-14-23-24(17-12-21(31-3)22(32-4)13-20(17)30-2)25-18(27-26(23)33-28-14)10-16(11-19(25)29)15-8-6-5-7-9-15/h5-9,12-13,16,24,27H,10-11H2,1-4H3/t16-,24+/m0/s1. The Kier molecular flexibility index (Phi) is 5.32. The van der Waals surface area contributed by atoms with Crippen LogP contribution in [0.5, 0.6) is 17.2 Å². The van der Waals surface area contributed by atoms with E-state index in [0.717, 1.165) is 33.7 Å². The Hall–Kier alpha value is -3.74. The number of nitrogens with zero attached hydrogens (tertiary/aromatic N) is 1. The van der Waals surface area contributed by atoms with Crippen molar-refractivity contribution in [3.8, 4) is 17.2 Å². The maximum atomic E-state index is 13.7. The van der Waals surface area contributed by atoms with Crippen LogP contribution in [0.15, 0.2) is 58.3 Å². The van der Waals surface area contributed by atoms with Gasteiger partial charge >= 0.3 is 0 Å². The zero-order valence-electron chi connectivity index (χ0n) is 19.1. The zero-order valence-corrected chi connectivity index (χ0v) is 19.1. The smallest absolute Gasteiger partial charge is 0.233 e. The lowest BCUT2D eigenvalue weighted by Gasteiger charge is -2.35. The molecule has 0 unspecified atom stereocenters. The molecule has 0 fully saturated rings. The van der Waals surface area contributed by atoms with E-state index in [1.54, 1.807) is 27.4 Å². The number of aryl methyl sites for hydroxylation is 1. The molecule has 3 aromatic rings. The molecule has 0 saturated heterocycles. The molecule has 2 aliphatic rings. The Morgan fingerprint density at radius 2 is 1.67 bits per heavy atom. The minimum atomic E-state index is -0.388. The predicted molar refractivity (Wildman–Crippen MR) is 123 cm³/mol. The predicted octanol–water partition coefficient (Wildman–Crippen LogP) is 4.97. The fraction of sp³-hybridized carbons (Fsp3) is 0.308. The zero-order chi connectivity index (χ0) is 23.1. The third kappa shape index (κ3) is 3.44. The number of ketones is 1. The van der Waals surface area contributed by atoms with Gasteiger partial charge in [-0.15, -0.1) is 0 Å². The van der Waals surface area contributed by atoms with E-state index in [1.165, 1.54) is 0 Å². The van der Waals surface area contributed by atoms with Gasteiger partial charge in [0.05, 0.1) is 38.5 Å². The van der Waals surface area contributed by atoms with Crippen LogP contribution in [0.25, 0.3) is 0 Å². The lowest BCUT2D eigenvalue weighted by atomic mass is 9.72. The number of anilines is 1. The summed E-state index contributed by atoms with van der Waals surface area (Å²) in [5.41, 5.74) is 5.12. The first-order chi connectivity index (χ1) is 16.0. The molecule has 170 valence electrons. The molecular formula is C26H26N2O5. The molecule has 0 amide bonds. The summed E-state index contributed by atoms with van der Waals surface area (Å²) in [7, 11) is 4.78. The SMILES string of the molecule is COc1cc(OC)c([C@H]2C3=C(C[C@H](c4ccccc4)CC3=O)Nc3onc(C)c32)cc1OC. The van der Waals surface area contributed by atoms with Gasteiger partial charge in [-0.3, -0.25) is 4.79 Å². The van der Waals surface area contributed by atoms with Crippen LogP contribution in [-0.4, -0.2) is 32.3 Å². The highest BCUT2D eigenvalue weighted by molar-refractivity contribution is 6.01. The van der Waals surface area contributed by atoms with E-state index >= 15 is 0 Å². The maximum Gasteiger partial charge on any atom is 0.233 e. The van der Waals surface area contributed by atoms with Crippen molar-refractivity contribution in [2.45, 2.75) is 31.6 Å². The van der Waals surface area contributed by atoms with Gasteiger partial charge in [-0.1, -0.05) is 35.5 Å². The quantitative estimate of drug-likeness (QED) is 0.593. The van der Waals surface area contributed by atoms with Gasteiger partial charge < -0.3 is 24.1 Å². The largest absolute Gasteiger partial charge is 0.496 e. The Morgan fingerprint density at radius 3 is 2.36 bits per heavy atom. The number of rotatable bonds is 5. The van der Waals surface area contributed by atoms with E-state index in [4.69, 9.17) is 18.7 Å². The third-order valence-corrected chi connectivity index (χ3v) is 6.58. The van der Waals surface area contributed by atoms with Crippen LogP contribution >= 0.6 is 0 Å². The van der Waals surface area contributed by atoms with E-state index in [2.05, 4.69) is 22.6 Å². The van der Waals surface area contributed by atoms with E-state index in [9.17, 15) is 4.79 Å². The highest BCUT2D eigenvalue weighted by atomic mass is 16.5. The third-order valence-electron chi connectivity index (χ3n) is 6.58. The van der Waals surface area contributed by atoms with Crippen molar-refractivity contribution in [2.75, 3.05) is 26.6 Å². The van der Waals surface area contributed by atoms with Crippen LogP contribution in [0.4, 0.5) is 5.88 Å². The second-order valence-electron chi connectivity index (χ2n) is 8.35. The van der Waals surface area contributed by atoms with Gasteiger partial charge in [0.15, 0.2) is 17.3 Å². The highest BCUT2D eigenvalue weighted by Gasteiger charge is 2.42. The normalized spacial score (nSPS) is 19.5. The van der Waals surface area contributed by atoms with E-state index in [-0.39, 0.29) is 17.6 Å².